The van der Waals surface area contributed by atoms with Crippen LogP contribution in [0.5, 0.6) is 0 Å². The van der Waals surface area contributed by atoms with E-state index in [0.717, 1.165) is 22.1 Å². The first-order valence-corrected chi connectivity index (χ1v) is 9.51. The van der Waals surface area contributed by atoms with Crippen LogP contribution in [0.4, 0.5) is 0 Å². The van der Waals surface area contributed by atoms with Crippen LogP contribution < -0.4 is 0 Å². The van der Waals surface area contributed by atoms with E-state index in [4.69, 9.17) is 9.15 Å². The molecule has 29 heavy (non-hydrogen) atoms. The van der Waals surface area contributed by atoms with Gasteiger partial charge in [-0.15, -0.1) is 0 Å². The molecule has 0 spiro atoms. The number of carbonyl (C=O) groups excluding carboxylic acids is 3. The Morgan fingerprint density at radius 1 is 1.10 bits per heavy atom. The molecule has 1 aromatic carbocycles. The molecule has 2 aromatic heterocycles. The third-order valence-corrected chi connectivity index (χ3v) is 5.32. The highest BCUT2D eigenvalue weighted by Gasteiger charge is 2.26. The van der Waals surface area contributed by atoms with Gasteiger partial charge in [0.2, 0.25) is 5.78 Å². The number of H-pyrrole nitrogens is 1. The van der Waals surface area contributed by atoms with Gasteiger partial charge in [0.1, 0.15) is 5.58 Å². The number of aryl methyl sites for hydroxylation is 3. The van der Waals surface area contributed by atoms with Crippen LogP contribution in [0.15, 0.2) is 22.8 Å². The van der Waals surface area contributed by atoms with Crippen molar-refractivity contribution < 1.29 is 23.5 Å². The summed E-state index contributed by atoms with van der Waals surface area (Å²) in [5.41, 5.74) is 5.67. The molecular weight excluding hydrogens is 370 g/mol. The number of aromatic amines is 1. The average molecular weight is 395 g/mol. The molecule has 0 aliphatic rings. The number of rotatable bonds is 6. The molecule has 6 nitrogen and oxygen atoms in total. The Morgan fingerprint density at radius 3 is 2.38 bits per heavy atom. The molecule has 0 bridgehead atoms. The van der Waals surface area contributed by atoms with Crippen LogP contribution in [-0.2, 0) is 16.0 Å². The summed E-state index contributed by atoms with van der Waals surface area (Å²) in [6.45, 7) is 10.4. The highest BCUT2D eigenvalue weighted by Crippen LogP contribution is 2.26. The molecule has 0 amide bonds. The first kappa shape index (κ1) is 20.6. The number of fused-ring (bicyclic) bond motifs is 1. The minimum absolute atomic E-state index is 0.00849. The molecule has 0 saturated carbocycles. The van der Waals surface area contributed by atoms with Crippen molar-refractivity contribution in [3.63, 3.8) is 0 Å². The predicted octanol–water partition coefficient (Wildman–Crippen LogP) is 4.55. The zero-order chi connectivity index (χ0) is 21.5. The van der Waals surface area contributed by atoms with Crippen molar-refractivity contribution in [3.8, 4) is 0 Å². The summed E-state index contributed by atoms with van der Waals surface area (Å²) in [6, 6.07) is 3.92. The molecule has 3 rings (SSSR count). The van der Waals surface area contributed by atoms with E-state index >= 15 is 0 Å². The SMILES string of the molecule is CC(=O)c1c(C)[nH]c(C(=O)[C@@H](C)OC(=O)Cc2coc3cc(C)c(C)cc23)c1C. The molecule has 0 aliphatic carbocycles. The number of nitrogens with one attached hydrogen (secondary N) is 1. The second-order valence-corrected chi connectivity index (χ2v) is 7.55. The fourth-order valence-electron chi connectivity index (χ4n) is 3.65. The molecule has 152 valence electrons. The van der Waals surface area contributed by atoms with Gasteiger partial charge in [0.15, 0.2) is 11.9 Å². The van der Waals surface area contributed by atoms with Gasteiger partial charge >= 0.3 is 5.97 Å². The Balaban J connectivity index is 1.74. The maximum atomic E-state index is 12.7. The lowest BCUT2D eigenvalue weighted by Gasteiger charge is -2.12. The fraction of sp³-hybridized carbons (Fsp3) is 0.348. The van der Waals surface area contributed by atoms with E-state index < -0.39 is 12.1 Å². The normalized spacial score (nSPS) is 12.2. The molecule has 3 aromatic rings. The first-order chi connectivity index (χ1) is 13.6. The maximum absolute atomic E-state index is 12.7. The van der Waals surface area contributed by atoms with E-state index in [0.29, 0.717) is 28.1 Å². The highest BCUT2D eigenvalue weighted by atomic mass is 16.5. The van der Waals surface area contributed by atoms with Crippen molar-refractivity contribution in [2.45, 2.75) is 54.1 Å². The van der Waals surface area contributed by atoms with E-state index in [1.165, 1.54) is 13.8 Å². The molecule has 1 atom stereocenters. The van der Waals surface area contributed by atoms with E-state index in [-0.39, 0.29) is 18.0 Å². The Morgan fingerprint density at radius 2 is 1.76 bits per heavy atom. The number of hydrogen-bond acceptors (Lipinski definition) is 5. The molecule has 6 heteroatoms. The number of carbonyl (C=O) groups is 3. The minimum atomic E-state index is -0.971. The summed E-state index contributed by atoms with van der Waals surface area (Å²) in [5, 5.41) is 0.867. The summed E-state index contributed by atoms with van der Waals surface area (Å²) >= 11 is 0. The number of benzene rings is 1. The number of furan rings is 1. The lowest BCUT2D eigenvalue weighted by Crippen LogP contribution is -2.26. The lowest BCUT2D eigenvalue weighted by molar-refractivity contribution is -0.145. The van der Waals surface area contributed by atoms with E-state index in [2.05, 4.69) is 4.98 Å². The van der Waals surface area contributed by atoms with Gasteiger partial charge in [-0.05, 0) is 70.4 Å². The Bertz CT molecular complexity index is 1130. The average Bonchev–Trinajstić information content (AvgIpc) is 3.14. The molecule has 0 saturated heterocycles. The third-order valence-electron chi connectivity index (χ3n) is 5.32. The quantitative estimate of drug-likeness (QED) is 0.488. The highest BCUT2D eigenvalue weighted by molar-refractivity contribution is 6.05. The summed E-state index contributed by atoms with van der Waals surface area (Å²) < 4.78 is 10.9. The van der Waals surface area contributed by atoms with Crippen LogP contribution >= 0.6 is 0 Å². The van der Waals surface area contributed by atoms with E-state index in [9.17, 15) is 14.4 Å². The van der Waals surface area contributed by atoms with E-state index in [1.54, 1.807) is 20.1 Å². The molecule has 0 aliphatic heterocycles. The fourth-order valence-corrected chi connectivity index (χ4v) is 3.65. The van der Waals surface area contributed by atoms with Gasteiger partial charge in [-0.1, -0.05) is 0 Å². The van der Waals surface area contributed by atoms with Gasteiger partial charge in [0.05, 0.1) is 18.4 Å². The Labute approximate surface area is 169 Å². The Hall–Kier alpha value is -3.15. The monoisotopic (exact) mass is 395 g/mol. The molecule has 0 radical (unpaired) electrons. The van der Waals surface area contributed by atoms with Crippen LogP contribution in [0, 0.1) is 27.7 Å². The van der Waals surface area contributed by atoms with Gasteiger partial charge in [-0.3, -0.25) is 14.4 Å². The zero-order valence-electron chi connectivity index (χ0n) is 17.6. The number of ether oxygens (including phenoxy) is 1. The second kappa shape index (κ2) is 7.70. The molecule has 1 N–H and O–H groups in total. The van der Waals surface area contributed by atoms with Gasteiger partial charge in [0, 0.05) is 22.2 Å². The van der Waals surface area contributed by atoms with Crippen molar-refractivity contribution >= 4 is 28.5 Å². The topological polar surface area (TPSA) is 89.4 Å². The molecule has 2 heterocycles. The van der Waals surface area contributed by atoms with Gasteiger partial charge < -0.3 is 14.1 Å². The largest absolute Gasteiger partial charge is 0.464 e. The summed E-state index contributed by atoms with van der Waals surface area (Å²) in [6.07, 6.45) is 0.588. The van der Waals surface area contributed by atoms with Crippen molar-refractivity contribution in [2.75, 3.05) is 0 Å². The zero-order valence-corrected chi connectivity index (χ0v) is 17.6. The number of esters is 1. The van der Waals surface area contributed by atoms with Gasteiger partial charge in [-0.25, -0.2) is 0 Å². The number of aromatic nitrogens is 1. The van der Waals surface area contributed by atoms with Crippen molar-refractivity contribution in [3.05, 3.63) is 57.6 Å². The van der Waals surface area contributed by atoms with E-state index in [1.807, 2.05) is 26.0 Å². The van der Waals surface area contributed by atoms with Crippen LogP contribution in [0.25, 0.3) is 11.0 Å². The number of Topliss-reactive ketones (excluding diaryl/α,β-unsaturated/α-hetero) is 2. The summed E-state index contributed by atoms with van der Waals surface area (Å²) in [5.74, 6) is -0.994. The predicted molar refractivity (Wildman–Crippen MR) is 110 cm³/mol. The smallest absolute Gasteiger partial charge is 0.311 e. The van der Waals surface area contributed by atoms with Crippen molar-refractivity contribution in [1.29, 1.82) is 0 Å². The molecule has 0 unspecified atom stereocenters. The van der Waals surface area contributed by atoms with Crippen molar-refractivity contribution in [2.24, 2.45) is 0 Å². The van der Waals surface area contributed by atoms with Crippen LogP contribution in [0.2, 0.25) is 0 Å². The van der Waals surface area contributed by atoms with Crippen LogP contribution in [0.3, 0.4) is 0 Å². The van der Waals surface area contributed by atoms with Gasteiger partial charge in [0.25, 0.3) is 0 Å². The number of hydrogen-bond donors (Lipinski definition) is 1. The molecular formula is C23H25NO5. The summed E-state index contributed by atoms with van der Waals surface area (Å²) in [4.78, 5) is 39.9. The standard InChI is InChI=1S/C23H25NO5/c1-11-7-18-17(10-28-19(18)8-12(11)2)9-20(26)29-16(6)23(27)22-13(3)21(15(5)25)14(4)24-22/h7-8,10,16,24H,9H2,1-6H3/t16-/m1/s1. The van der Waals surface area contributed by atoms with Crippen LogP contribution in [0.1, 0.15) is 62.6 Å². The Kier molecular flexibility index (Phi) is 5.46. The number of ketones is 2. The molecule has 0 fully saturated rings. The second-order valence-electron chi connectivity index (χ2n) is 7.55. The maximum Gasteiger partial charge on any atom is 0.311 e. The third kappa shape index (κ3) is 3.88. The van der Waals surface area contributed by atoms with Crippen LogP contribution in [-0.4, -0.2) is 28.6 Å². The first-order valence-electron chi connectivity index (χ1n) is 9.51. The lowest BCUT2D eigenvalue weighted by atomic mass is 10.0. The van der Waals surface area contributed by atoms with Gasteiger partial charge in [-0.2, -0.15) is 0 Å². The minimum Gasteiger partial charge on any atom is -0.464 e. The summed E-state index contributed by atoms with van der Waals surface area (Å²) in [7, 11) is 0. The van der Waals surface area contributed by atoms with Crippen molar-refractivity contribution in [1.82, 2.24) is 4.98 Å².